The number of rotatable bonds is 4. The van der Waals surface area contributed by atoms with Crippen LogP contribution in [-0.4, -0.2) is 51.8 Å². The minimum Gasteiger partial charge on any atom is -0.480 e. The third-order valence-corrected chi connectivity index (χ3v) is 0.451. The molecular formula is C4H12CoO8. The predicted octanol–water partition coefficient (Wildman–Crippen LogP) is -3.30. The third kappa shape index (κ3) is 34.8. The van der Waals surface area contributed by atoms with Gasteiger partial charge in [-0.05, 0) is 0 Å². The average molecular weight is 247 g/mol. The van der Waals surface area contributed by atoms with Crippen molar-refractivity contribution < 1.29 is 57.7 Å². The Morgan fingerprint density at radius 2 is 1.15 bits per heavy atom. The number of hydrogen-bond acceptors (Lipinski definition) is 3. The summed E-state index contributed by atoms with van der Waals surface area (Å²) in [7, 11) is 0. The molecule has 0 heterocycles. The molecule has 13 heavy (non-hydrogen) atoms. The van der Waals surface area contributed by atoms with E-state index in [1.54, 1.807) is 0 Å². The summed E-state index contributed by atoms with van der Waals surface area (Å²) in [6.45, 7) is -1.13. The van der Waals surface area contributed by atoms with E-state index in [2.05, 4.69) is 4.74 Å². The van der Waals surface area contributed by atoms with Crippen molar-refractivity contribution in [2.75, 3.05) is 13.2 Å². The van der Waals surface area contributed by atoms with Crippen LogP contribution in [0.25, 0.3) is 0 Å². The van der Waals surface area contributed by atoms with Crippen LogP contribution in [0.15, 0.2) is 0 Å². The smallest absolute Gasteiger partial charge is 0.329 e. The van der Waals surface area contributed by atoms with Crippen molar-refractivity contribution in [3.05, 3.63) is 0 Å². The van der Waals surface area contributed by atoms with Crippen LogP contribution in [0.2, 0.25) is 0 Å². The molecular weight excluding hydrogens is 235 g/mol. The molecule has 0 aromatic rings. The molecule has 0 atom stereocenters. The SMILES string of the molecule is O.O.O.O=C(O)COCC(=O)O.[Co]. The van der Waals surface area contributed by atoms with Crippen LogP contribution in [0, 0.1) is 0 Å². The number of aliphatic carboxylic acids is 2. The Balaban J connectivity index is -0.0000000533. The van der Waals surface area contributed by atoms with E-state index in [1.807, 2.05) is 0 Å². The molecule has 1 radical (unpaired) electrons. The van der Waals surface area contributed by atoms with Crippen LogP contribution in [0.3, 0.4) is 0 Å². The zero-order chi connectivity index (χ0) is 7.28. The van der Waals surface area contributed by atoms with Gasteiger partial charge in [0.1, 0.15) is 13.2 Å². The van der Waals surface area contributed by atoms with Gasteiger partial charge in [0.25, 0.3) is 0 Å². The van der Waals surface area contributed by atoms with Crippen molar-refractivity contribution in [3.8, 4) is 0 Å². The van der Waals surface area contributed by atoms with Crippen LogP contribution in [0.5, 0.6) is 0 Å². The van der Waals surface area contributed by atoms with Crippen molar-refractivity contribution in [1.29, 1.82) is 0 Å². The number of carboxylic acid groups (broad SMARTS) is 2. The van der Waals surface area contributed by atoms with Crippen molar-refractivity contribution in [2.45, 2.75) is 0 Å². The second-order valence-corrected chi connectivity index (χ2v) is 1.28. The van der Waals surface area contributed by atoms with E-state index in [9.17, 15) is 9.59 Å². The monoisotopic (exact) mass is 247 g/mol. The molecule has 0 aliphatic heterocycles. The zero-order valence-electron chi connectivity index (χ0n) is 6.37. The van der Waals surface area contributed by atoms with Gasteiger partial charge >= 0.3 is 11.9 Å². The fraction of sp³-hybridized carbons (Fsp3) is 0.500. The first kappa shape index (κ1) is 29.5. The van der Waals surface area contributed by atoms with Crippen LogP contribution < -0.4 is 0 Å². The number of ether oxygens (including phenoxy) is 1. The fourth-order valence-electron chi connectivity index (χ4n) is 0.226. The molecule has 0 saturated carbocycles. The molecule has 0 fully saturated rings. The van der Waals surface area contributed by atoms with Gasteiger partial charge in [0.2, 0.25) is 0 Å². The topological polar surface area (TPSA) is 178 Å². The maximum Gasteiger partial charge on any atom is 0.329 e. The summed E-state index contributed by atoms with van der Waals surface area (Å²) in [6, 6.07) is 0. The van der Waals surface area contributed by atoms with Gasteiger partial charge in [-0.1, -0.05) is 0 Å². The number of hydrogen-bond donors (Lipinski definition) is 2. The minimum absolute atomic E-state index is 0. The van der Waals surface area contributed by atoms with Gasteiger partial charge < -0.3 is 31.4 Å². The third-order valence-electron chi connectivity index (χ3n) is 0.451. The van der Waals surface area contributed by atoms with E-state index in [-0.39, 0.29) is 33.2 Å². The molecule has 85 valence electrons. The van der Waals surface area contributed by atoms with E-state index in [4.69, 9.17) is 10.2 Å². The van der Waals surface area contributed by atoms with Crippen LogP contribution in [0.4, 0.5) is 0 Å². The van der Waals surface area contributed by atoms with E-state index in [0.717, 1.165) is 0 Å². The normalized spacial score (nSPS) is 6.15. The Bertz CT molecular complexity index is 111. The van der Waals surface area contributed by atoms with Gasteiger partial charge in [-0.15, -0.1) is 0 Å². The summed E-state index contributed by atoms with van der Waals surface area (Å²) in [5.74, 6) is -2.34. The predicted molar refractivity (Wildman–Crippen MR) is 36.9 cm³/mol. The molecule has 0 aliphatic carbocycles. The van der Waals surface area contributed by atoms with Gasteiger partial charge in [0.05, 0.1) is 0 Å². The summed E-state index contributed by atoms with van der Waals surface area (Å²) >= 11 is 0. The second kappa shape index (κ2) is 17.4. The van der Waals surface area contributed by atoms with Crippen molar-refractivity contribution in [2.24, 2.45) is 0 Å². The molecule has 0 rings (SSSR count). The first-order valence-corrected chi connectivity index (χ1v) is 2.14. The maximum atomic E-state index is 9.66. The fourth-order valence-corrected chi connectivity index (χ4v) is 0.226. The quantitative estimate of drug-likeness (QED) is 0.526. The molecule has 9 heteroatoms. The van der Waals surface area contributed by atoms with Gasteiger partial charge in [0.15, 0.2) is 0 Å². The summed E-state index contributed by atoms with van der Waals surface area (Å²) < 4.78 is 4.16. The average Bonchev–Trinajstić information content (AvgIpc) is 1.63. The Kier molecular flexibility index (Phi) is 39.4. The number of carboxylic acids is 2. The minimum atomic E-state index is -1.17. The Labute approximate surface area is 83.6 Å². The van der Waals surface area contributed by atoms with Gasteiger partial charge in [0, 0.05) is 16.8 Å². The molecule has 8 N–H and O–H groups in total. The molecule has 0 aliphatic rings. The van der Waals surface area contributed by atoms with Gasteiger partial charge in [-0.25, -0.2) is 9.59 Å². The summed E-state index contributed by atoms with van der Waals surface area (Å²) in [4.78, 5) is 19.3. The molecule has 0 saturated heterocycles. The largest absolute Gasteiger partial charge is 0.480 e. The Morgan fingerprint density at radius 1 is 0.923 bits per heavy atom. The molecule has 8 nitrogen and oxygen atoms in total. The van der Waals surface area contributed by atoms with Crippen molar-refractivity contribution >= 4 is 11.9 Å². The van der Waals surface area contributed by atoms with E-state index < -0.39 is 25.2 Å². The first-order valence-electron chi connectivity index (χ1n) is 2.14. The van der Waals surface area contributed by atoms with Crippen LogP contribution in [0.1, 0.15) is 0 Å². The molecule has 0 bridgehead atoms. The molecule has 0 aromatic carbocycles. The molecule has 0 aromatic heterocycles. The number of carbonyl (C=O) groups is 2. The van der Waals surface area contributed by atoms with Crippen LogP contribution >= 0.6 is 0 Å². The molecule has 0 unspecified atom stereocenters. The second-order valence-electron chi connectivity index (χ2n) is 1.28. The molecule has 0 spiro atoms. The summed E-state index contributed by atoms with van der Waals surface area (Å²) in [5, 5.41) is 15.8. The Morgan fingerprint density at radius 3 is 1.31 bits per heavy atom. The first-order chi connectivity index (χ1) is 4.13. The Hall–Kier alpha value is -0.714. The van der Waals surface area contributed by atoms with Crippen molar-refractivity contribution in [1.82, 2.24) is 0 Å². The van der Waals surface area contributed by atoms with Gasteiger partial charge in [-0.2, -0.15) is 0 Å². The summed E-state index contributed by atoms with van der Waals surface area (Å²) in [5.41, 5.74) is 0. The van der Waals surface area contributed by atoms with Crippen molar-refractivity contribution in [3.63, 3.8) is 0 Å². The van der Waals surface area contributed by atoms with Crippen LogP contribution in [-0.2, 0) is 31.1 Å². The maximum absolute atomic E-state index is 9.66. The standard InChI is InChI=1S/C4H6O5.Co.3H2O/c5-3(6)1-9-2-4(7)8;;;;/h1-2H2,(H,5,6)(H,7,8);;3*1H2. The summed E-state index contributed by atoms with van der Waals surface area (Å²) in [6.07, 6.45) is 0. The molecule has 0 amide bonds. The van der Waals surface area contributed by atoms with Gasteiger partial charge in [-0.3, -0.25) is 0 Å². The zero-order valence-corrected chi connectivity index (χ0v) is 7.41. The van der Waals surface area contributed by atoms with E-state index in [1.165, 1.54) is 0 Å². The van der Waals surface area contributed by atoms with E-state index in [0.29, 0.717) is 0 Å². The van der Waals surface area contributed by atoms with E-state index >= 15 is 0 Å².